The van der Waals surface area contributed by atoms with E-state index in [2.05, 4.69) is 55.6 Å². The zero-order valence-corrected chi connectivity index (χ0v) is 48.2. The van der Waals surface area contributed by atoms with E-state index in [-0.39, 0.29) is 18.5 Å². The second-order valence-electron chi connectivity index (χ2n) is 21.7. The molecule has 0 aromatic carbocycles. The highest BCUT2D eigenvalue weighted by Crippen LogP contribution is 2.17. The molecular weight excluding hydrogens is 887 g/mol. The molecule has 0 aliphatic heterocycles. The number of unbranched alkanes of at least 4 members (excludes halogenated alkanes) is 42. The summed E-state index contributed by atoms with van der Waals surface area (Å²) in [6, 6.07) is -0.629. The van der Waals surface area contributed by atoms with Gasteiger partial charge in [-0.15, -0.1) is 0 Å². The zero-order chi connectivity index (χ0) is 52.2. The summed E-state index contributed by atoms with van der Waals surface area (Å²) in [5.41, 5.74) is 0. The van der Waals surface area contributed by atoms with Crippen LogP contribution in [0.5, 0.6) is 0 Å². The SMILES string of the molecule is CCCC/C=C\C/C=C\CCCCCCCC(=O)OCCCCCCCCCCCCCC/C=C\CCCCCCCCCCCCCC(=O)NC(CO)C(O)/C=C/CCCCCCCCCCCCCC. The third-order valence-corrected chi connectivity index (χ3v) is 14.6. The third kappa shape index (κ3) is 57.1. The molecule has 0 aromatic heterocycles. The van der Waals surface area contributed by atoms with Crippen molar-refractivity contribution in [2.24, 2.45) is 0 Å². The van der Waals surface area contributed by atoms with Crippen LogP contribution in [-0.2, 0) is 14.3 Å². The normalized spacial score (nSPS) is 12.9. The first-order valence-electron chi connectivity index (χ1n) is 31.9. The smallest absolute Gasteiger partial charge is 0.305 e. The van der Waals surface area contributed by atoms with Crippen molar-refractivity contribution < 1.29 is 24.5 Å². The number of allylic oxidation sites excluding steroid dienone is 7. The molecule has 0 radical (unpaired) electrons. The third-order valence-electron chi connectivity index (χ3n) is 14.6. The monoisotopic (exact) mass is 1010 g/mol. The van der Waals surface area contributed by atoms with Crippen LogP contribution in [0.4, 0.5) is 0 Å². The van der Waals surface area contributed by atoms with Gasteiger partial charge in [-0.1, -0.05) is 287 Å². The van der Waals surface area contributed by atoms with Gasteiger partial charge < -0.3 is 20.3 Å². The Balaban J connectivity index is 3.41. The predicted molar refractivity (Wildman–Crippen MR) is 315 cm³/mol. The number of aliphatic hydroxyl groups is 2. The fraction of sp³-hybridized carbons (Fsp3) is 0.848. The number of hydrogen-bond donors (Lipinski definition) is 3. The second kappa shape index (κ2) is 61.4. The highest BCUT2D eigenvalue weighted by atomic mass is 16.5. The van der Waals surface area contributed by atoms with E-state index in [0.29, 0.717) is 19.4 Å². The maximum absolute atomic E-state index is 12.5. The molecule has 0 aromatic rings. The topological polar surface area (TPSA) is 95.9 Å². The minimum absolute atomic E-state index is 0.000246. The average Bonchev–Trinajstić information content (AvgIpc) is 3.38. The number of aliphatic hydroxyl groups excluding tert-OH is 2. The number of esters is 1. The fourth-order valence-corrected chi connectivity index (χ4v) is 9.65. The lowest BCUT2D eigenvalue weighted by Crippen LogP contribution is -2.45. The summed E-state index contributed by atoms with van der Waals surface area (Å²) >= 11 is 0. The van der Waals surface area contributed by atoms with Crippen LogP contribution in [0.2, 0.25) is 0 Å². The molecule has 0 spiro atoms. The number of ether oxygens (including phenoxy) is 1. The molecule has 6 heteroatoms. The summed E-state index contributed by atoms with van der Waals surface area (Å²) in [7, 11) is 0. The van der Waals surface area contributed by atoms with Gasteiger partial charge in [-0.2, -0.15) is 0 Å². The fourth-order valence-electron chi connectivity index (χ4n) is 9.65. The quantitative estimate of drug-likeness (QED) is 0.0320. The highest BCUT2D eigenvalue weighted by Gasteiger charge is 2.18. The van der Waals surface area contributed by atoms with Gasteiger partial charge >= 0.3 is 5.97 Å². The van der Waals surface area contributed by atoms with E-state index < -0.39 is 12.1 Å². The number of rotatable bonds is 59. The van der Waals surface area contributed by atoms with Crippen LogP contribution in [0.15, 0.2) is 48.6 Å². The number of nitrogens with one attached hydrogen (secondary N) is 1. The van der Waals surface area contributed by atoms with Crippen molar-refractivity contribution in [3.05, 3.63) is 48.6 Å². The molecule has 3 N–H and O–H groups in total. The van der Waals surface area contributed by atoms with Crippen LogP contribution in [0.3, 0.4) is 0 Å². The molecule has 0 aliphatic rings. The molecule has 0 heterocycles. The average molecular weight is 1010 g/mol. The Labute approximate surface area is 448 Å². The first-order chi connectivity index (χ1) is 35.5. The number of carbonyl (C=O) groups is 2. The van der Waals surface area contributed by atoms with E-state index in [9.17, 15) is 19.8 Å². The Morgan fingerprint density at radius 2 is 0.708 bits per heavy atom. The number of carbonyl (C=O) groups excluding carboxylic acids is 2. The lowest BCUT2D eigenvalue weighted by Gasteiger charge is -2.20. The van der Waals surface area contributed by atoms with Gasteiger partial charge in [-0.3, -0.25) is 9.59 Å². The van der Waals surface area contributed by atoms with Crippen LogP contribution in [0, 0.1) is 0 Å². The van der Waals surface area contributed by atoms with E-state index in [4.69, 9.17) is 4.74 Å². The Hall–Kier alpha value is -2.18. The van der Waals surface area contributed by atoms with Crippen molar-refractivity contribution in [3.8, 4) is 0 Å². The molecule has 0 bridgehead atoms. The van der Waals surface area contributed by atoms with Crippen molar-refractivity contribution in [1.29, 1.82) is 0 Å². The predicted octanol–water partition coefficient (Wildman–Crippen LogP) is 20.1. The van der Waals surface area contributed by atoms with Crippen molar-refractivity contribution >= 4 is 11.9 Å². The molecule has 72 heavy (non-hydrogen) atoms. The molecule has 0 saturated carbocycles. The summed E-state index contributed by atoms with van der Waals surface area (Å²) < 4.78 is 5.47. The van der Waals surface area contributed by atoms with Crippen LogP contribution < -0.4 is 5.32 Å². The van der Waals surface area contributed by atoms with Crippen molar-refractivity contribution in [2.75, 3.05) is 13.2 Å². The van der Waals surface area contributed by atoms with E-state index >= 15 is 0 Å². The van der Waals surface area contributed by atoms with E-state index in [1.54, 1.807) is 6.08 Å². The second-order valence-corrected chi connectivity index (χ2v) is 21.7. The molecule has 2 atom stereocenters. The first kappa shape index (κ1) is 69.8. The summed E-state index contributed by atoms with van der Waals surface area (Å²) in [6.45, 7) is 4.86. The van der Waals surface area contributed by atoms with Gasteiger partial charge in [-0.05, 0) is 83.5 Å². The number of hydrogen-bond acceptors (Lipinski definition) is 5. The molecule has 6 nitrogen and oxygen atoms in total. The van der Waals surface area contributed by atoms with Gasteiger partial charge in [0.2, 0.25) is 5.91 Å². The first-order valence-corrected chi connectivity index (χ1v) is 31.9. The minimum atomic E-state index is -0.845. The van der Waals surface area contributed by atoms with Gasteiger partial charge in [0, 0.05) is 12.8 Å². The highest BCUT2D eigenvalue weighted by molar-refractivity contribution is 5.76. The summed E-state index contributed by atoms with van der Waals surface area (Å²) in [4.78, 5) is 24.5. The lowest BCUT2D eigenvalue weighted by atomic mass is 10.0. The molecule has 0 saturated heterocycles. The number of amides is 1. The van der Waals surface area contributed by atoms with Crippen molar-refractivity contribution in [3.63, 3.8) is 0 Å². The van der Waals surface area contributed by atoms with Gasteiger partial charge in [0.1, 0.15) is 0 Å². The summed E-state index contributed by atoms with van der Waals surface area (Å²) in [5, 5.41) is 23.1. The Morgan fingerprint density at radius 1 is 0.389 bits per heavy atom. The largest absolute Gasteiger partial charge is 0.466 e. The molecule has 0 rings (SSSR count). The van der Waals surface area contributed by atoms with Crippen LogP contribution in [0.1, 0.15) is 335 Å². The van der Waals surface area contributed by atoms with Crippen LogP contribution in [-0.4, -0.2) is 47.4 Å². The molecule has 422 valence electrons. The summed E-state index contributed by atoms with van der Waals surface area (Å²) in [6.07, 6.45) is 78.7. The van der Waals surface area contributed by atoms with Gasteiger partial charge in [0.25, 0.3) is 0 Å². The zero-order valence-electron chi connectivity index (χ0n) is 48.2. The maximum Gasteiger partial charge on any atom is 0.305 e. The minimum Gasteiger partial charge on any atom is -0.466 e. The van der Waals surface area contributed by atoms with E-state index in [1.165, 1.54) is 257 Å². The van der Waals surface area contributed by atoms with Gasteiger partial charge in [0.15, 0.2) is 0 Å². The Morgan fingerprint density at radius 3 is 1.11 bits per heavy atom. The molecule has 2 unspecified atom stereocenters. The van der Waals surface area contributed by atoms with Crippen molar-refractivity contribution in [1.82, 2.24) is 5.32 Å². The molecular formula is C66H123NO5. The van der Waals surface area contributed by atoms with Crippen LogP contribution in [0.25, 0.3) is 0 Å². The van der Waals surface area contributed by atoms with Crippen LogP contribution >= 0.6 is 0 Å². The summed E-state index contributed by atoms with van der Waals surface area (Å²) in [5.74, 6) is -0.0686. The maximum atomic E-state index is 12.5. The molecule has 0 fully saturated rings. The van der Waals surface area contributed by atoms with E-state index in [1.807, 2.05) is 6.08 Å². The lowest BCUT2D eigenvalue weighted by molar-refractivity contribution is -0.143. The van der Waals surface area contributed by atoms with E-state index in [0.717, 1.165) is 51.4 Å². The Bertz CT molecular complexity index is 1210. The van der Waals surface area contributed by atoms with Gasteiger partial charge in [0.05, 0.1) is 25.4 Å². The standard InChI is InChI=1S/C66H123NO5/c1-3-5-7-9-11-13-15-17-34-38-42-46-50-54-58-64(69)63(62-68)67-65(70)59-55-51-47-43-39-35-32-30-28-26-24-22-20-19-21-23-25-27-29-31-33-37-41-45-49-53-57-61-72-66(71)60-56-52-48-44-40-36-18-16-14-12-10-8-6-4-2/h10,12,16,18-20,54,58,63-64,68-69H,3-9,11,13-15,17,21-53,55-57,59-62H2,1-2H3,(H,67,70)/b12-10-,18-16-,20-19-,58-54+. The van der Waals surface area contributed by atoms with Crippen molar-refractivity contribution in [2.45, 2.75) is 347 Å². The molecule has 0 aliphatic carbocycles. The Kier molecular flexibility index (Phi) is 59.5. The molecule has 1 amide bonds. The van der Waals surface area contributed by atoms with Gasteiger partial charge in [-0.25, -0.2) is 0 Å².